The lowest BCUT2D eigenvalue weighted by molar-refractivity contribution is -0.0122. The van der Waals surface area contributed by atoms with Gasteiger partial charge in [0.25, 0.3) is 10.2 Å². The first-order chi connectivity index (χ1) is 11.6. The molecule has 1 aliphatic carbocycles. The van der Waals surface area contributed by atoms with Gasteiger partial charge in [-0.2, -0.15) is 13.1 Å². The smallest absolute Gasteiger partial charge is 0.274 e. The summed E-state index contributed by atoms with van der Waals surface area (Å²) >= 11 is 0. The molecule has 6 nitrogen and oxygen atoms in total. The molecule has 0 aromatic carbocycles. The second kappa shape index (κ2) is 8.37. The molecular weight excluding hydrogens is 338 g/mol. The summed E-state index contributed by atoms with van der Waals surface area (Å²) in [5.41, 5.74) is 0.934. The molecule has 0 amide bonds. The van der Waals surface area contributed by atoms with Crippen molar-refractivity contribution in [2.24, 2.45) is 17.0 Å². The Morgan fingerprint density at radius 2 is 1.92 bits per heavy atom. The Balaban J connectivity index is 1.97. The summed E-state index contributed by atoms with van der Waals surface area (Å²) in [4.78, 5) is 2.17. The second-order valence-electron chi connectivity index (χ2n) is 8.18. The molecule has 0 aromatic rings. The van der Waals surface area contributed by atoms with E-state index < -0.39 is 10.2 Å². The molecule has 3 unspecified atom stereocenters. The molecule has 1 aliphatic heterocycles. The molecule has 2 fully saturated rings. The molecule has 2 aliphatic rings. The van der Waals surface area contributed by atoms with Crippen LogP contribution in [0.1, 0.15) is 59.8 Å². The van der Waals surface area contributed by atoms with Crippen molar-refractivity contribution in [2.45, 2.75) is 84.0 Å². The van der Waals surface area contributed by atoms with Crippen LogP contribution < -0.4 is 9.86 Å². The summed E-state index contributed by atoms with van der Waals surface area (Å²) in [5, 5.41) is 5.21. The van der Waals surface area contributed by atoms with Gasteiger partial charge in [0.2, 0.25) is 0 Å². The fourth-order valence-electron chi connectivity index (χ4n) is 4.51. The van der Waals surface area contributed by atoms with E-state index in [1.807, 2.05) is 6.92 Å². The minimum atomic E-state index is -3.73. The van der Waals surface area contributed by atoms with Crippen molar-refractivity contribution in [2.75, 3.05) is 6.61 Å². The summed E-state index contributed by atoms with van der Waals surface area (Å²) in [5.74, 6) is 1.54. The lowest BCUT2D eigenvalue weighted by Gasteiger charge is -2.35. The Kier molecular flexibility index (Phi) is 6.93. The number of rotatable bonds is 7. The van der Waals surface area contributed by atoms with Gasteiger partial charge in [-0.05, 0) is 57.8 Å². The molecule has 2 rings (SSSR count). The van der Waals surface area contributed by atoms with Crippen LogP contribution in [0.4, 0.5) is 0 Å². The van der Waals surface area contributed by atoms with E-state index in [4.69, 9.17) is 9.88 Å². The largest absolute Gasteiger partial charge is 0.376 e. The number of hydrogen-bond acceptors (Lipinski definition) is 4. The average Bonchev–Trinajstić information content (AvgIpc) is 2.79. The van der Waals surface area contributed by atoms with Crippen molar-refractivity contribution >= 4 is 10.2 Å². The van der Waals surface area contributed by atoms with Crippen molar-refractivity contribution in [3.05, 3.63) is 12.3 Å². The van der Waals surface area contributed by atoms with Crippen LogP contribution >= 0.6 is 0 Å². The molecule has 0 radical (unpaired) electrons. The highest BCUT2D eigenvalue weighted by atomic mass is 32.2. The summed E-state index contributed by atoms with van der Waals surface area (Å²) in [7, 11) is -3.73. The van der Waals surface area contributed by atoms with Crippen LogP contribution in [0.25, 0.3) is 0 Å². The zero-order valence-corrected chi connectivity index (χ0v) is 16.9. The van der Waals surface area contributed by atoms with Crippen molar-refractivity contribution < 1.29 is 13.2 Å². The van der Waals surface area contributed by atoms with Crippen LogP contribution in [0.15, 0.2) is 12.3 Å². The number of ether oxygens (including phenoxy) is 1. The number of nitrogens with two attached hydrogens (primary N) is 1. The molecule has 1 saturated heterocycles. The molecule has 3 atom stereocenters. The maximum Gasteiger partial charge on any atom is 0.274 e. The van der Waals surface area contributed by atoms with Crippen LogP contribution in [-0.2, 0) is 14.9 Å². The zero-order chi connectivity index (χ0) is 18.8. The summed E-state index contributed by atoms with van der Waals surface area (Å²) in [6.45, 7) is 13.2. The number of likely N-dealkylation sites (tertiary alicyclic amines) is 1. The highest BCUT2D eigenvalue weighted by Crippen LogP contribution is 2.33. The first kappa shape index (κ1) is 20.7. The van der Waals surface area contributed by atoms with Crippen LogP contribution in [0.5, 0.6) is 0 Å². The molecule has 7 heteroatoms. The van der Waals surface area contributed by atoms with Crippen molar-refractivity contribution in [1.29, 1.82) is 0 Å². The molecule has 0 bridgehead atoms. The standard InChI is InChI=1S/C18H35N3O3S/c1-12(2)15-6-8-16(9-7-15)24-11-18-17(20-25(19,22)23)10-14(5)21(18)13(3)4/h12,14-18,20H,3,6-11H2,1-2,4-5H3,(H2,19,22,23). The van der Waals surface area contributed by atoms with E-state index in [1.54, 1.807) is 0 Å². The summed E-state index contributed by atoms with van der Waals surface area (Å²) < 4.78 is 31.8. The maximum atomic E-state index is 11.5. The molecule has 0 aromatic heterocycles. The third-order valence-electron chi connectivity index (χ3n) is 5.81. The number of allylic oxidation sites excluding steroid dienone is 1. The van der Waals surface area contributed by atoms with E-state index in [0.717, 1.165) is 30.4 Å². The first-order valence-electron chi connectivity index (χ1n) is 9.44. The van der Waals surface area contributed by atoms with Crippen molar-refractivity contribution in [3.63, 3.8) is 0 Å². The van der Waals surface area contributed by atoms with Crippen molar-refractivity contribution in [3.8, 4) is 0 Å². The molecular formula is C18H35N3O3S. The van der Waals surface area contributed by atoms with Gasteiger partial charge in [0.15, 0.2) is 0 Å². The number of nitrogens with zero attached hydrogens (tertiary/aromatic N) is 1. The number of nitrogens with one attached hydrogen (secondary N) is 1. The zero-order valence-electron chi connectivity index (χ0n) is 16.1. The van der Waals surface area contributed by atoms with E-state index in [-0.39, 0.29) is 24.2 Å². The molecule has 1 saturated carbocycles. The van der Waals surface area contributed by atoms with Gasteiger partial charge >= 0.3 is 0 Å². The third kappa shape index (κ3) is 5.67. The molecule has 0 spiro atoms. The lowest BCUT2D eigenvalue weighted by atomic mass is 9.80. The average molecular weight is 374 g/mol. The molecule has 146 valence electrons. The van der Waals surface area contributed by atoms with E-state index in [9.17, 15) is 8.42 Å². The normalized spacial score (nSPS) is 33.8. The Bertz CT molecular complexity index is 556. The highest BCUT2D eigenvalue weighted by Gasteiger charge is 2.40. The Labute approximate surface area is 153 Å². The van der Waals surface area contributed by atoms with Gasteiger partial charge in [-0.3, -0.25) is 0 Å². The highest BCUT2D eigenvalue weighted by molar-refractivity contribution is 7.87. The van der Waals surface area contributed by atoms with Crippen LogP contribution in [-0.4, -0.2) is 44.2 Å². The van der Waals surface area contributed by atoms with Gasteiger partial charge in [-0.15, -0.1) is 0 Å². The van der Waals surface area contributed by atoms with E-state index in [0.29, 0.717) is 13.0 Å². The lowest BCUT2D eigenvalue weighted by Crippen LogP contribution is -2.49. The van der Waals surface area contributed by atoms with Gasteiger partial charge in [-0.1, -0.05) is 20.4 Å². The van der Waals surface area contributed by atoms with Gasteiger partial charge in [0, 0.05) is 17.8 Å². The topological polar surface area (TPSA) is 84.7 Å². The Morgan fingerprint density at radius 3 is 2.40 bits per heavy atom. The predicted octanol–water partition coefficient (Wildman–Crippen LogP) is 2.38. The molecule has 3 N–H and O–H groups in total. The molecule has 1 heterocycles. The second-order valence-corrected chi connectivity index (χ2v) is 9.50. The minimum Gasteiger partial charge on any atom is -0.376 e. The first-order valence-corrected chi connectivity index (χ1v) is 11.0. The van der Waals surface area contributed by atoms with Gasteiger partial charge in [-0.25, -0.2) is 5.14 Å². The fraction of sp³-hybridized carbons (Fsp3) is 0.889. The quantitative estimate of drug-likeness (QED) is 0.717. The van der Waals surface area contributed by atoms with Crippen LogP contribution in [0.2, 0.25) is 0 Å². The van der Waals surface area contributed by atoms with E-state index in [2.05, 4.69) is 37.0 Å². The van der Waals surface area contributed by atoms with E-state index >= 15 is 0 Å². The molecule has 25 heavy (non-hydrogen) atoms. The third-order valence-corrected chi connectivity index (χ3v) is 6.44. The van der Waals surface area contributed by atoms with Crippen molar-refractivity contribution in [1.82, 2.24) is 9.62 Å². The van der Waals surface area contributed by atoms with E-state index in [1.165, 1.54) is 12.8 Å². The van der Waals surface area contributed by atoms with Gasteiger partial charge in [0.05, 0.1) is 18.8 Å². The monoisotopic (exact) mass is 373 g/mol. The van der Waals surface area contributed by atoms with Gasteiger partial charge < -0.3 is 9.64 Å². The number of hydrogen-bond donors (Lipinski definition) is 2. The SMILES string of the molecule is C=C(C)N1C(C)CC(NS(N)(=O)=O)C1COC1CCC(C(C)C)CC1. The summed E-state index contributed by atoms with van der Waals surface area (Å²) in [6, 6.07) is -0.0932. The predicted molar refractivity (Wildman–Crippen MR) is 101 cm³/mol. The Morgan fingerprint density at radius 1 is 1.32 bits per heavy atom. The van der Waals surface area contributed by atoms with Gasteiger partial charge in [0.1, 0.15) is 0 Å². The van der Waals surface area contributed by atoms with Crippen LogP contribution in [0.3, 0.4) is 0 Å². The summed E-state index contributed by atoms with van der Waals surface area (Å²) in [6.07, 6.45) is 5.58. The minimum absolute atomic E-state index is 0.0614. The maximum absolute atomic E-state index is 11.5. The fourth-order valence-corrected chi connectivity index (χ4v) is 5.18. The van der Waals surface area contributed by atoms with Crippen LogP contribution in [0, 0.1) is 11.8 Å². The Hall–Kier alpha value is -0.630.